The molecule has 0 aliphatic rings. The number of nitrogens with zero attached hydrogens (tertiary/aromatic N) is 1. The second-order valence-electron chi connectivity index (χ2n) is 4.83. The maximum absolute atomic E-state index is 8.80. The molecule has 0 spiro atoms. The van der Waals surface area contributed by atoms with Crippen LogP contribution in [-0.2, 0) is 13.0 Å². The maximum Gasteiger partial charge on any atom is 0.170 e. The van der Waals surface area contributed by atoms with Crippen molar-refractivity contribution >= 4 is 5.84 Å². The zero-order valence-corrected chi connectivity index (χ0v) is 12.1. The summed E-state index contributed by atoms with van der Waals surface area (Å²) in [6.45, 7) is 2.54. The van der Waals surface area contributed by atoms with Gasteiger partial charge in [-0.2, -0.15) is 0 Å². The van der Waals surface area contributed by atoms with Crippen molar-refractivity contribution in [2.45, 2.75) is 26.4 Å². The highest BCUT2D eigenvalue weighted by molar-refractivity contribution is 5.98. The Balaban J connectivity index is 2.06. The summed E-state index contributed by atoms with van der Waals surface area (Å²) in [4.78, 5) is 0. The van der Waals surface area contributed by atoms with E-state index in [-0.39, 0.29) is 5.84 Å². The van der Waals surface area contributed by atoms with Crippen molar-refractivity contribution in [2.24, 2.45) is 10.9 Å². The van der Waals surface area contributed by atoms with E-state index in [1.165, 1.54) is 5.56 Å². The lowest BCUT2D eigenvalue weighted by atomic mass is 10.1. The molecule has 0 saturated carbocycles. The molecule has 4 nitrogen and oxygen atoms in total. The van der Waals surface area contributed by atoms with E-state index in [1.54, 1.807) is 6.07 Å². The summed E-state index contributed by atoms with van der Waals surface area (Å²) in [5.74, 6) is 0.900. The predicted octanol–water partition coefficient (Wildman–Crippen LogP) is 3.31. The summed E-state index contributed by atoms with van der Waals surface area (Å²) >= 11 is 0. The van der Waals surface area contributed by atoms with E-state index in [2.05, 4.69) is 24.2 Å². The first-order valence-electron chi connectivity index (χ1n) is 7.02. The van der Waals surface area contributed by atoms with Crippen LogP contribution in [0.4, 0.5) is 0 Å². The fraction of sp³-hybridized carbons (Fsp3) is 0.235. The molecule has 0 atom stereocenters. The Kier molecular flexibility index (Phi) is 5.21. The number of ether oxygens (including phenoxy) is 1. The number of amidine groups is 1. The summed E-state index contributed by atoms with van der Waals surface area (Å²) in [5.41, 5.74) is 8.53. The molecule has 2 rings (SSSR count). The van der Waals surface area contributed by atoms with Crippen LogP contribution in [0.1, 0.15) is 30.0 Å². The second kappa shape index (κ2) is 7.33. The summed E-state index contributed by atoms with van der Waals surface area (Å²) in [5, 5.41) is 11.8. The van der Waals surface area contributed by atoms with Crippen molar-refractivity contribution in [3.8, 4) is 5.75 Å². The van der Waals surface area contributed by atoms with Gasteiger partial charge in [0.1, 0.15) is 12.4 Å². The van der Waals surface area contributed by atoms with Crippen LogP contribution in [-0.4, -0.2) is 11.0 Å². The van der Waals surface area contributed by atoms with Gasteiger partial charge in [0.05, 0.1) is 0 Å². The Morgan fingerprint density at radius 3 is 2.52 bits per heavy atom. The van der Waals surface area contributed by atoms with Crippen LogP contribution in [0.25, 0.3) is 0 Å². The van der Waals surface area contributed by atoms with Crippen molar-refractivity contribution in [2.75, 3.05) is 0 Å². The molecule has 3 N–H and O–H groups in total. The average molecular weight is 284 g/mol. The Morgan fingerprint density at radius 2 is 1.86 bits per heavy atom. The largest absolute Gasteiger partial charge is 0.489 e. The number of nitrogens with two attached hydrogens (primary N) is 1. The first-order valence-corrected chi connectivity index (χ1v) is 7.02. The SMILES string of the molecule is CCCc1ccc(OCc2ccccc2C(N)=NO)cc1. The molecule has 4 heteroatoms. The van der Waals surface area contributed by atoms with E-state index in [4.69, 9.17) is 15.7 Å². The van der Waals surface area contributed by atoms with E-state index in [1.807, 2.05) is 30.3 Å². The fourth-order valence-electron chi connectivity index (χ4n) is 2.15. The van der Waals surface area contributed by atoms with Crippen LogP contribution in [0, 0.1) is 0 Å². The minimum Gasteiger partial charge on any atom is -0.489 e. The summed E-state index contributed by atoms with van der Waals surface area (Å²) in [6.07, 6.45) is 2.21. The van der Waals surface area contributed by atoms with Gasteiger partial charge in [0.2, 0.25) is 0 Å². The zero-order chi connectivity index (χ0) is 15.1. The molecular formula is C17H20N2O2. The predicted molar refractivity (Wildman–Crippen MR) is 83.7 cm³/mol. The van der Waals surface area contributed by atoms with Gasteiger partial charge in [-0.25, -0.2) is 0 Å². The van der Waals surface area contributed by atoms with Gasteiger partial charge in [0, 0.05) is 11.1 Å². The molecule has 2 aromatic carbocycles. The van der Waals surface area contributed by atoms with E-state index in [0.717, 1.165) is 24.2 Å². The Morgan fingerprint density at radius 1 is 1.14 bits per heavy atom. The molecule has 0 aromatic heterocycles. The number of rotatable bonds is 6. The smallest absolute Gasteiger partial charge is 0.170 e. The zero-order valence-electron chi connectivity index (χ0n) is 12.1. The van der Waals surface area contributed by atoms with Crippen molar-refractivity contribution in [3.05, 3.63) is 65.2 Å². The average Bonchev–Trinajstić information content (AvgIpc) is 2.54. The lowest BCUT2D eigenvalue weighted by Gasteiger charge is -2.10. The van der Waals surface area contributed by atoms with E-state index >= 15 is 0 Å². The molecule has 0 radical (unpaired) electrons. The highest BCUT2D eigenvalue weighted by Crippen LogP contribution is 2.16. The highest BCUT2D eigenvalue weighted by Gasteiger charge is 2.07. The Hall–Kier alpha value is -2.49. The third-order valence-electron chi connectivity index (χ3n) is 3.26. The highest BCUT2D eigenvalue weighted by atomic mass is 16.5. The summed E-state index contributed by atoms with van der Waals surface area (Å²) < 4.78 is 5.77. The summed E-state index contributed by atoms with van der Waals surface area (Å²) in [7, 11) is 0. The van der Waals surface area contributed by atoms with Gasteiger partial charge in [-0.1, -0.05) is 54.9 Å². The van der Waals surface area contributed by atoms with Crippen LogP contribution in [0.3, 0.4) is 0 Å². The van der Waals surface area contributed by atoms with E-state index in [9.17, 15) is 0 Å². The molecule has 0 heterocycles. The molecule has 0 fully saturated rings. The van der Waals surface area contributed by atoms with Crippen molar-refractivity contribution in [1.82, 2.24) is 0 Å². The van der Waals surface area contributed by atoms with Gasteiger partial charge in [0.15, 0.2) is 5.84 Å². The standard InChI is InChI=1S/C17H20N2O2/c1-2-5-13-8-10-15(11-9-13)21-12-14-6-3-4-7-16(14)17(18)19-20/h3-4,6-11,20H,2,5,12H2,1H3,(H2,18,19). The lowest BCUT2D eigenvalue weighted by Crippen LogP contribution is -2.16. The molecule has 0 amide bonds. The third-order valence-corrected chi connectivity index (χ3v) is 3.26. The quantitative estimate of drug-likeness (QED) is 0.370. The van der Waals surface area contributed by atoms with Gasteiger partial charge in [-0.3, -0.25) is 0 Å². The molecule has 2 aromatic rings. The molecule has 0 aliphatic carbocycles. The van der Waals surface area contributed by atoms with Gasteiger partial charge in [0.25, 0.3) is 0 Å². The normalized spacial score (nSPS) is 11.4. The lowest BCUT2D eigenvalue weighted by molar-refractivity contribution is 0.305. The van der Waals surface area contributed by atoms with Crippen LogP contribution in [0.2, 0.25) is 0 Å². The number of aryl methyl sites for hydroxylation is 1. The number of benzene rings is 2. The van der Waals surface area contributed by atoms with Crippen LogP contribution < -0.4 is 10.5 Å². The molecule has 21 heavy (non-hydrogen) atoms. The van der Waals surface area contributed by atoms with Gasteiger partial charge >= 0.3 is 0 Å². The molecule has 0 saturated heterocycles. The van der Waals surface area contributed by atoms with Crippen molar-refractivity contribution in [1.29, 1.82) is 0 Å². The van der Waals surface area contributed by atoms with Crippen LogP contribution in [0.15, 0.2) is 53.7 Å². The first kappa shape index (κ1) is 14.9. The maximum atomic E-state index is 8.80. The van der Waals surface area contributed by atoms with Crippen LogP contribution >= 0.6 is 0 Å². The van der Waals surface area contributed by atoms with Gasteiger partial charge in [-0.15, -0.1) is 0 Å². The minimum atomic E-state index is 0.0903. The molecule has 0 unspecified atom stereocenters. The minimum absolute atomic E-state index is 0.0903. The van der Waals surface area contributed by atoms with Gasteiger partial charge < -0.3 is 15.7 Å². The summed E-state index contributed by atoms with van der Waals surface area (Å²) in [6, 6.07) is 15.5. The monoisotopic (exact) mass is 284 g/mol. The first-order chi connectivity index (χ1) is 10.2. The molecule has 0 aliphatic heterocycles. The number of hydrogen-bond donors (Lipinski definition) is 2. The van der Waals surface area contributed by atoms with Crippen molar-refractivity contribution < 1.29 is 9.94 Å². The topological polar surface area (TPSA) is 67.8 Å². The number of oxime groups is 1. The third kappa shape index (κ3) is 3.99. The Labute approximate surface area is 124 Å². The van der Waals surface area contributed by atoms with E-state index < -0.39 is 0 Å². The molecule has 0 bridgehead atoms. The van der Waals surface area contributed by atoms with E-state index in [0.29, 0.717) is 12.2 Å². The van der Waals surface area contributed by atoms with Crippen LogP contribution in [0.5, 0.6) is 5.75 Å². The van der Waals surface area contributed by atoms with Crippen molar-refractivity contribution in [3.63, 3.8) is 0 Å². The molecular weight excluding hydrogens is 264 g/mol. The fourth-order valence-corrected chi connectivity index (χ4v) is 2.15. The Bertz CT molecular complexity index is 606. The van der Waals surface area contributed by atoms with Gasteiger partial charge in [-0.05, 0) is 24.1 Å². The number of hydrogen-bond acceptors (Lipinski definition) is 3. The second-order valence-corrected chi connectivity index (χ2v) is 4.83. The molecule has 110 valence electrons.